The molecule has 5 fully saturated rings. The Morgan fingerprint density at radius 1 is 1.16 bits per heavy atom. The first kappa shape index (κ1) is 28.7. The highest BCUT2D eigenvalue weighted by molar-refractivity contribution is 7.99. The summed E-state index contributed by atoms with van der Waals surface area (Å²) in [6.07, 6.45) is 9.98. The average molecular weight is 546 g/mol. The Balaban J connectivity index is 1.28. The van der Waals surface area contributed by atoms with Gasteiger partial charge in [0.2, 0.25) is 0 Å². The van der Waals surface area contributed by atoms with E-state index >= 15 is 0 Å². The van der Waals surface area contributed by atoms with Gasteiger partial charge in [-0.25, -0.2) is 0 Å². The number of thioether (sulfide) groups is 1. The van der Waals surface area contributed by atoms with E-state index in [1.807, 2.05) is 6.08 Å². The van der Waals surface area contributed by atoms with Crippen LogP contribution in [0.15, 0.2) is 12.7 Å². The van der Waals surface area contributed by atoms with Gasteiger partial charge in [-0.3, -0.25) is 9.59 Å². The van der Waals surface area contributed by atoms with Crippen LogP contribution in [-0.4, -0.2) is 65.6 Å². The molecule has 1 aliphatic heterocycles. The zero-order valence-electron chi connectivity index (χ0n) is 24.5. The average Bonchev–Trinajstić information content (AvgIpc) is 3.22. The molecule has 5 aliphatic rings. The molecule has 1 spiro atoms. The number of likely N-dealkylation sites (tertiary alicyclic amines) is 1. The second-order valence-electron chi connectivity index (χ2n) is 14.7. The standard InChI is InChI=1S/C32H51NO4S/c1-7-29(4)18-25(37-26(35)20-38-19-23-16-31(17-23)12-14-33(6)15-13-31)30(5)21(2)8-10-32(22(3)28(29)36)11-9-24(34)27(30)32/h7,21-23,25,27-28,36H,1,8-20H2,2-6H3/t21?,22-,25+,27?,28-,29+,30-,32-/m0/s1. The summed E-state index contributed by atoms with van der Waals surface area (Å²) in [5, 5.41) is 11.7. The van der Waals surface area contributed by atoms with E-state index in [0.29, 0.717) is 35.7 Å². The molecule has 38 heavy (non-hydrogen) atoms. The summed E-state index contributed by atoms with van der Waals surface area (Å²) in [6, 6.07) is 0. The number of rotatable bonds is 6. The third-order valence-corrected chi connectivity index (χ3v) is 13.8. The summed E-state index contributed by atoms with van der Waals surface area (Å²) < 4.78 is 6.40. The first-order chi connectivity index (χ1) is 17.9. The molecule has 0 aromatic heterocycles. The van der Waals surface area contributed by atoms with Crippen molar-refractivity contribution >= 4 is 23.5 Å². The molecule has 4 saturated carbocycles. The van der Waals surface area contributed by atoms with Crippen LogP contribution >= 0.6 is 11.8 Å². The normalized spacial score (nSPS) is 45.1. The van der Waals surface area contributed by atoms with Gasteiger partial charge in [0.1, 0.15) is 11.9 Å². The van der Waals surface area contributed by atoms with Crippen LogP contribution < -0.4 is 0 Å². The summed E-state index contributed by atoms with van der Waals surface area (Å²) in [5.41, 5.74) is -0.667. The number of ketones is 1. The minimum atomic E-state index is -0.618. The Morgan fingerprint density at radius 3 is 2.50 bits per heavy atom. The van der Waals surface area contributed by atoms with Crippen LogP contribution in [0.4, 0.5) is 0 Å². The van der Waals surface area contributed by atoms with E-state index in [-0.39, 0.29) is 29.1 Å². The van der Waals surface area contributed by atoms with Gasteiger partial charge >= 0.3 is 5.97 Å². The molecule has 5 rings (SSSR count). The zero-order chi connectivity index (χ0) is 27.5. The van der Waals surface area contributed by atoms with E-state index in [2.05, 4.69) is 46.2 Å². The molecular formula is C32H51NO4S. The molecule has 0 aromatic rings. The molecule has 214 valence electrons. The maximum Gasteiger partial charge on any atom is 0.316 e. The topological polar surface area (TPSA) is 66.8 Å². The van der Waals surface area contributed by atoms with Gasteiger partial charge in [-0.2, -0.15) is 0 Å². The van der Waals surface area contributed by atoms with Crippen LogP contribution in [0.5, 0.6) is 0 Å². The molecular weight excluding hydrogens is 494 g/mol. The third kappa shape index (κ3) is 4.53. The van der Waals surface area contributed by atoms with Crippen molar-refractivity contribution in [3.63, 3.8) is 0 Å². The number of hydrogen-bond donors (Lipinski definition) is 1. The number of hydrogen-bond acceptors (Lipinski definition) is 6. The van der Waals surface area contributed by atoms with Crippen molar-refractivity contribution in [1.82, 2.24) is 4.90 Å². The van der Waals surface area contributed by atoms with Crippen molar-refractivity contribution in [2.24, 2.45) is 45.3 Å². The highest BCUT2D eigenvalue weighted by Crippen LogP contribution is 2.68. The summed E-state index contributed by atoms with van der Waals surface area (Å²) in [5.74, 6) is 2.34. The van der Waals surface area contributed by atoms with Gasteiger partial charge in [0.25, 0.3) is 0 Å². The molecule has 2 bridgehead atoms. The molecule has 5 nitrogen and oxygen atoms in total. The maximum absolute atomic E-state index is 13.5. The lowest BCUT2D eigenvalue weighted by Crippen LogP contribution is -2.63. The predicted octanol–water partition coefficient (Wildman–Crippen LogP) is 5.75. The van der Waals surface area contributed by atoms with Crippen molar-refractivity contribution in [3.8, 4) is 0 Å². The molecule has 6 heteroatoms. The lowest BCUT2D eigenvalue weighted by molar-refractivity contribution is -0.205. The van der Waals surface area contributed by atoms with Gasteiger partial charge < -0.3 is 14.7 Å². The molecule has 0 aromatic carbocycles. The zero-order valence-corrected chi connectivity index (χ0v) is 25.3. The molecule has 0 radical (unpaired) electrons. The molecule has 1 N–H and O–H groups in total. The van der Waals surface area contributed by atoms with E-state index in [1.165, 1.54) is 38.8 Å². The van der Waals surface area contributed by atoms with E-state index in [4.69, 9.17) is 4.74 Å². The maximum atomic E-state index is 13.5. The number of aliphatic hydroxyl groups is 1. The number of carbonyl (C=O) groups is 2. The fraction of sp³-hybridized carbons (Fsp3) is 0.875. The van der Waals surface area contributed by atoms with Crippen LogP contribution in [0.3, 0.4) is 0 Å². The largest absolute Gasteiger partial charge is 0.461 e. The fourth-order valence-corrected chi connectivity index (χ4v) is 10.7. The number of piperidine rings is 1. The van der Waals surface area contributed by atoms with Gasteiger partial charge in [0.15, 0.2) is 0 Å². The minimum Gasteiger partial charge on any atom is -0.461 e. The Bertz CT molecular complexity index is 938. The number of Topliss-reactive ketones (excluding diaryl/α,β-unsaturated/α-hetero) is 1. The Hall–Kier alpha value is -0.850. The Labute approximate surface area is 234 Å². The minimum absolute atomic E-state index is 0.00341. The van der Waals surface area contributed by atoms with E-state index < -0.39 is 23.0 Å². The van der Waals surface area contributed by atoms with Crippen LogP contribution in [0.2, 0.25) is 0 Å². The van der Waals surface area contributed by atoms with E-state index in [0.717, 1.165) is 25.0 Å². The van der Waals surface area contributed by atoms with Gasteiger partial charge in [-0.1, -0.05) is 33.8 Å². The first-order valence-corrected chi connectivity index (χ1v) is 16.3. The molecule has 4 aliphatic carbocycles. The van der Waals surface area contributed by atoms with Crippen molar-refractivity contribution in [1.29, 1.82) is 0 Å². The lowest BCUT2D eigenvalue weighted by Gasteiger charge is -2.61. The predicted molar refractivity (Wildman–Crippen MR) is 154 cm³/mol. The summed E-state index contributed by atoms with van der Waals surface area (Å²) in [4.78, 5) is 29.3. The number of esters is 1. The van der Waals surface area contributed by atoms with E-state index in [9.17, 15) is 14.7 Å². The fourth-order valence-electron chi connectivity index (χ4n) is 9.79. The monoisotopic (exact) mass is 545 g/mol. The van der Waals surface area contributed by atoms with Crippen LogP contribution in [0.1, 0.15) is 85.5 Å². The van der Waals surface area contributed by atoms with Crippen LogP contribution in [-0.2, 0) is 14.3 Å². The second-order valence-corrected chi connectivity index (χ2v) is 15.7. The van der Waals surface area contributed by atoms with Gasteiger partial charge in [0, 0.05) is 23.2 Å². The quantitative estimate of drug-likeness (QED) is 0.339. The van der Waals surface area contributed by atoms with E-state index in [1.54, 1.807) is 11.8 Å². The Morgan fingerprint density at radius 2 is 1.84 bits per heavy atom. The van der Waals surface area contributed by atoms with Gasteiger partial charge in [-0.05, 0) is 106 Å². The first-order valence-electron chi connectivity index (χ1n) is 15.2. The molecule has 1 saturated heterocycles. The van der Waals surface area contributed by atoms with Crippen molar-refractivity contribution < 1.29 is 19.4 Å². The highest BCUT2D eigenvalue weighted by Gasteiger charge is 2.68. The molecule has 0 amide bonds. The molecule has 8 atom stereocenters. The van der Waals surface area contributed by atoms with Gasteiger partial charge in [0.05, 0.1) is 11.9 Å². The summed E-state index contributed by atoms with van der Waals surface area (Å²) in [7, 11) is 2.22. The number of carbonyl (C=O) groups excluding carboxylic acids is 2. The highest BCUT2D eigenvalue weighted by atomic mass is 32.2. The van der Waals surface area contributed by atoms with Crippen molar-refractivity contribution in [3.05, 3.63) is 12.7 Å². The number of ether oxygens (including phenoxy) is 1. The Kier molecular flexibility index (Phi) is 7.70. The smallest absolute Gasteiger partial charge is 0.316 e. The molecule has 2 unspecified atom stereocenters. The molecule has 1 heterocycles. The summed E-state index contributed by atoms with van der Waals surface area (Å²) in [6.45, 7) is 15.2. The summed E-state index contributed by atoms with van der Waals surface area (Å²) >= 11 is 1.72. The van der Waals surface area contributed by atoms with Crippen molar-refractivity contribution in [2.75, 3.05) is 31.6 Å². The third-order valence-electron chi connectivity index (χ3n) is 12.6. The lowest BCUT2D eigenvalue weighted by atomic mass is 9.44. The SMILES string of the molecule is C=C[C@]1(C)C[C@@H](OC(=O)CSCC2CC3(CCN(C)CC3)C2)[C@]2(C)C(C)CC[C@]3(CCC(=O)C32)[C@@H](C)[C@@H]1O. The van der Waals surface area contributed by atoms with Crippen LogP contribution in [0, 0.1) is 45.3 Å². The van der Waals surface area contributed by atoms with Crippen molar-refractivity contribution in [2.45, 2.75) is 97.7 Å². The van der Waals surface area contributed by atoms with Crippen LogP contribution in [0.25, 0.3) is 0 Å². The number of nitrogens with zero attached hydrogens (tertiary/aromatic N) is 1. The number of aliphatic hydroxyl groups excluding tert-OH is 1. The second kappa shape index (κ2) is 10.2. The van der Waals surface area contributed by atoms with Gasteiger partial charge in [-0.15, -0.1) is 18.3 Å².